The van der Waals surface area contributed by atoms with Crippen LogP contribution in [0, 0.1) is 18.3 Å². The summed E-state index contributed by atoms with van der Waals surface area (Å²) in [6.45, 7) is 6.15. The summed E-state index contributed by atoms with van der Waals surface area (Å²) in [5.74, 6) is 1.81. The molecule has 0 aliphatic carbocycles. The predicted molar refractivity (Wildman–Crippen MR) is 166 cm³/mol. The Kier molecular flexibility index (Phi) is 7.77. The van der Waals surface area contributed by atoms with Crippen molar-refractivity contribution >= 4 is 46.1 Å². The second-order valence-corrected chi connectivity index (χ2v) is 12.1. The van der Waals surface area contributed by atoms with Gasteiger partial charge in [0.05, 0.1) is 11.4 Å². The van der Waals surface area contributed by atoms with Crippen LogP contribution in [0.5, 0.6) is 11.5 Å². The summed E-state index contributed by atoms with van der Waals surface area (Å²) in [4.78, 5) is 33.4. The molecule has 2 fully saturated rings. The van der Waals surface area contributed by atoms with Gasteiger partial charge < -0.3 is 14.4 Å². The Bertz CT molecular complexity index is 1700. The van der Waals surface area contributed by atoms with Gasteiger partial charge in [-0.15, -0.1) is 0 Å². The maximum atomic E-state index is 13.6. The first-order valence-corrected chi connectivity index (χ1v) is 14.9. The maximum absolute atomic E-state index is 13.6. The summed E-state index contributed by atoms with van der Waals surface area (Å²) in [5, 5.41) is 9.83. The molecule has 0 radical (unpaired) electrons. The molecule has 3 aromatic rings. The normalized spacial score (nSPS) is 17.8. The van der Waals surface area contributed by atoms with Crippen LogP contribution in [0.25, 0.3) is 6.08 Å². The molecule has 0 spiro atoms. The number of hydrogen-bond acceptors (Lipinski definition) is 9. The molecule has 3 aliphatic heterocycles. The van der Waals surface area contributed by atoms with Crippen LogP contribution in [0.4, 0.5) is 5.82 Å². The zero-order valence-electron chi connectivity index (χ0n) is 23.3. The molecule has 6 rings (SSSR count). The van der Waals surface area contributed by atoms with E-state index in [1.807, 2.05) is 36.4 Å². The lowest BCUT2D eigenvalue weighted by Crippen LogP contribution is -2.48. The highest BCUT2D eigenvalue weighted by Crippen LogP contribution is 2.38. The molecule has 42 heavy (non-hydrogen) atoms. The molecular formula is C31H29N5O4S2. The smallest absolute Gasteiger partial charge is 0.270 e. The van der Waals surface area contributed by atoms with Crippen molar-refractivity contribution in [3.05, 3.63) is 91.6 Å². The Hall–Kier alpha value is -4.11. The second kappa shape index (κ2) is 11.6. The van der Waals surface area contributed by atoms with Crippen LogP contribution in [-0.4, -0.2) is 57.6 Å². The van der Waals surface area contributed by atoms with E-state index in [2.05, 4.69) is 28.0 Å². The average molecular weight is 600 g/mol. The van der Waals surface area contributed by atoms with Gasteiger partial charge in [0, 0.05) is 45.3 Å². The first-order valence-electron chi connectivity index (χ1n) is 13.6. The number of carbonyl (C=O) groups excluding carboxylic acids is 1. The van der Waals surface area contributed by atoms with Crippen molar-refractivity contribution in [1.29, 1.82) is 5.26 Å². The van der Waals surface area contributed by atoms with Crippen molar-refractivity contribution in [2.24, 2.45) is 7.05 Å². The van der Waals surface area contributed by atoms with Crippen LogP contribution >= 0.6 is 24.0 Å². The fraction of sp³-hybridized carbons (Fsp3) is 0.290. The highest BCUT2D eigenvalue weighted by atomic mass is 32.2. The van der Waals surface area contributed by atoms with E-state index in [0.717, 1.165) is 25.2 Å². The molecule has 3 aliphatic rings. The molecule has 0 bridgehead atoms. The minimum Gasteiger partial charge on any atom is -0.454 e. The molecule has 9 nitrogen and oxygen atoms in total. The molecule has 214 valence electrons. The molecular weight excluding hydrogens is 571 g/mol. The van der Waals surface area contributed by atoms with Crippen molar-refractivity contribution in [3.63, 3.8) is 0 Å². The Morgan fingerprint density at radius 3 is 2.48 bits per heavy atom. The number of piperazine rings is 1. The number of nitriles is 1. The quantitative estimate of drug-likeness (QED) is 0.308. The van der Waals surface area contributed by atoms with Crippen molar-refractivity contribution in [2.75, 3.05) is 37.9 Å². The number of hydrogen-bond donors (Lipinski definition) is 0. The van der Waals surface area contributed by atoms with Crippen molar-refractivity contribution < 1.29 is 14.3 Å². The zero-order valence-corrected chi connectivity index (χ0v) is 25.0. The lowest BCUT2D eigenvalue weighted by molar-refractivity contribution is -0.122. The number of rotatable bonds is 6. The van der Waals surface area contributed by atoms with Gasteiger partial charge in [-0.05, 0) is 41.8 Å². The minimum atomic E-state index is -0.343. The van der Waals surface area contributed by atoms with E-state index < -0.39 is 0 Å². The summed E-state index contributed by atoms with van der Waals surface area (Å²) in [6.07, 6.45) is 1.79. The standard InChI is InChI=1S/C31H29N5O4S2/c1-20-23(15-27-30(38)36(31(41)42-27)18-22-8-9-25-26(14-22)40-19-39-25)28(33(2)29(37)24(20)16-32)35-12-10-34(11-13-35)17-21-6-4-3-5-7-21/h3-9,14-15H,10-13,17-19H2,1-2H3/b27-15-. The third-order valence-corrected chi connectivity index (χ3v) is 9.19. The average Bonchev–Trinajstić information content (AvgIpc) is 3.57. The molecule has 0 atom stereocenters. The van der Waals surface area contributed by atoms with Gasteiger partial charge in [0.1, 0.15) is 21.8 Å². The van der Waals surface area contributed by atoms with Gasteiger partial charge in [-0.1, -0.05) is 60.4 Å². The second-order valence-electron chi connectivity index (χ2n) is 10.4. The number of pyridine rings is 1. The fourth-order valence-electron chi connectivity index (χ4n) is 5.54. The summed E-state index contributed by atoms with van der Waals surface area (Å²) in [7, 11) is 1.69. The number of thiocarbonyl (C=S) groups is 1. The number of nitrogens with zero attached hydrogens (tertiary/aromatic N) is 5. The van der Waals surface area contributed by atoms with Gasteiger partial charge >= 0.3 is 0 Å². The Labute approximate surface area is 253 Å². The topological polar surface area (TPSA) is 91.0 Å². The van der Waals surface area contributed by atoms with E-state index in [4.69, 9.17) is 21.7 Å². The molecule has 2 saturated heterocycles. The Morgan fingerprint density at radius 2 is 1.74 bits per heavy atom. The van der Waals surface area contributed by atoms with Crippen molar-refractivity contribution in [3.8, 4) is 17.6 Å². The number of benzene rings is 2. The Balaban J connectivity index is 1.28. The summed E-state index contributed by atoms with van der Waals surface area (Å²) >= 11 is 6.84. The highest BCUT2D eigenvalue weighted by molar-refractivity contribution is 8.26. The third kappa shape index (κ3) is 5.29. The molecule has 1 aromatic heterocycles. The van der Waals surface area contributed by atoms with Crippen LogP contribution in [0.1, 0.15) is 27.8 Å². The van der Waals surface area contributed by atoms with Gasteiger partial charge in [-0.3, -0.25) is 24.0 Å². The number of amides is 1. The van der Waals surface area contributed by atoms with Crippen LogP contribution in [0.15, 0.2) is 58.2 Å². The van der Waals surface area contributed by atoms with Gasteiger partial charge in [-0.25, -0.2) is 0 Å². The minimum absolute atomic E-state index is 0.0750. The number of ether oxygens (including phenoxy) is 2. The largest absolute Gasteiger partial charge is 0.454 e. The van der Waals surface area contributed by atoms with Gasteiger partial charge in [0.25, 0.3) is 11.5 Å². The van der Waals surface area contributed by atoms with Crippen molar-refractivity contribution in [2.45, 2.75) is 20.0 Å². The van der Waals surface area contributed by atoms with Crippen LogP contribution < -0.4 is 19.9 Å². The SMILES string of the molecule is Cc1c(/C=C2\SC(=S)N(Cc3ccc4c(c3)OCO4)C2=O)c(N2CCN(Cc3ccccc3)CC2)n(C)c(=O)c1C#N. The lowest BCUT2D eigenvalue weighted by Gasteiger charge is -2.37. The van der Waals surface area contributed by atoms with Crippen LogP contribution in [-0.2, 0) is 24.9 Å². The summed E-state index contributed by atoms with van der Waals surface area (Å²) < 4.78 is 12.9. The van der Waals surface area contributed by atoms with E-state index >= 15 is 0 Å². The highest BCUT2D eigenvalue weighted by Gasteiger charge is 2.34. The first-order chi connectivity index (χ1) is 20.3. The van der Waals surface area contributed by atoms with E-state index in [9.17, 15) is 14.9 Å². The van der Waals surface area contributed by atoms with Gasteiger partial charge in [0.2, 0.25) is 6.79 Å². The fourth-order valence-corrected chi connectivity index (χ4v) is 6.78. The molecule has 11 heteroatoms. The Morgan fingerprint density at radius 1 is 1.00 bits per heavy atom. The molecule has 1 amide bonds. The summed E-state index contributed by atoms with van der Waals surface area (Å²) in [5.41, 5.74) is 3.11. The van der Waals surface area contributed by atoms with E-state index in [1.54, 1.807) is 24.9 Å². The van der Waals surface area contributed by atoms with Crippen LogP contribution in [0.2, 0.25) is 0 Å². The van der Waals surface area contributed by atoms with E-state index in [-0.39, 0.29) is 23.8 Å². The number of thioether (sulfide) groups is 1. The van der Waals surface area contributed by atoms with Crippen LogP contribution in [0.3, 0.4) is 0 Å². The van der Waals surface area contributed by atoms with Gasteiger partial charge in [-0.2, -0.15) is 5.26 Å². The van der Waals surface area contributed by atoms with Crippen molar-refractivity contribution in [1.82, 2.24) is 14.4 Å². The molecule has 0 N–H and O–H groups in total. The number of anilines is 1. The number of aromatic nitrogens is 1. The predicted octanol–water partition coefficient (Wildman–Crippen LogP) is 4.02. The van der Waals surface area contributed by atoms with E-state index in [0.29, 0.717) is 57.3 Å². The molecule has 0 saturated carbocycles. The number of fused-ring (bicyclic) bond motifs is 1. The van der Waals surface area contributed by atoms with E-state index in [1.165, 1.54) is 21.9 Å². The lowest BCUT2D eigenvalue weighted by atomic mass is 10.0. The van der Waals surface area contributed by atoms with Gasteiger partial charge in [0.15, 0.2) is 11.5 Å². The molecule has 4 heterocycles. The first kappa shape index (κ1) is 28.0. The third-order valence-electron chi connectivity index (χ3n) is 7.82. The maximum Gasteiger partial charge on any atom is 0.270 e. The zero-order chi connectivity index (χ0) is 29.4. The molecule has 2 aromatic carbocycles. The monoisotopic (exact) mass is 599 g/mol. The summed E-state index contributed by atoms with van der Waals surface area (Å²) in [6, 6.07) is 18.0. The molecule has 0 unspecified atom stereocenters. The number of carbonyl (C=O) groups is 1.